The molecule has 0 aliphatic heterocycles. The number of amides is 1. The zero-order valence-corrected chi connectivity index (χ0v) is 12.8. The van der Waals surface area contributed by atoms with Gasteiger partial charge in [0.25, 0.3) is 5.56 Å². The summed E-state index contributed by atoms with van der Waals surface area (Å²) in [7, 11) is 0. The molecule has 5 nitrogen and oxygen atoms in total. The monoisotopic (exact) mass is 313 g/mol. The second-order valence-corrected chi connectivity index (χ2v) is 5.95. The van der Waals surface area contributed by atoms with E-state index in [0.717, 1.165) is 10.3 Å². The van der Waals surface area contributed by atoms with Crippen LogP contribution in [0.4, 0.5) is 0 Å². The van der Waals surface area contributed by atoms with Crippen LogP contribution in [-0.4, -0.2) is 15.7 Å². The van der Waals surface area contributed by atoms with Gasteiger partial charge in [-0.25, -0.2) is 4.68 Å². The second kappa shape index (κ2) is 6.11. The molecule has 0 bridgehead atoms. The summed E-state index contributed by atoms with van der Waals surface area (Å²) in [6.45, 7) is 1.83. The Morgan fingerprint density at radius 3 is 2.86 bits per heavy atom. The molecule has 0 fully saturated rings. The summed E-state index contributed by atoms with van der Waals surface area (Å²) >= 11 is 1.46. The molecule has 0 saturated carbocycles. The van der Waals surface area contributed by atoms with E-state index in [-0.39, 0.29) is 24.1 Å². The molecule has 1 N–H and O–H groups in total. The van der Waals surface area contributed by atoms with Crippen LogP contribution in [0.3, 0.4) is 0 Å². The van der Waals surface area contributed by atoms with Crippen molar-refractivity contribution in [2.45, 2.75) is 19.5 Å². The van der Waals surface area contributed by atoms with Crippen LogP contribution in [0, 0.1) is 0 Å². The number of nitrogens with zero attached hydrogens (tertiary/aromatic N) is 2. The van der Waals surface area contributed by atoms with E-state index < -0.39 is 0 Å². The van der Waals surface area contributed by atoms with Gasteiger partial charge in [0.15, 0.2) is 0 Å². The zero-order chi connectivity index (χ0) is 15.5. The number of thiophene rings is 1. The molecule has 0 spiro atoms. The van der Waals surface area contributed by atoms with Gasteiger partial charge in [-0.2, -0.15) is 5.10 Å². The number of benzene rings is 1. The van der Waals surface area contributed by atoms with E-state index in [1.54, 1.807) is 12.3 Å². The molecule has 0 radical (unpaired) electrons. The van der Waals surface area contributed by atoms with Crippen LogP contribution in [0.1, 0.15) is 18.5 Å². The average molecular weight is 313 g/mol. The number of hydrogen-bond acceptors (Lipinski definition) is 4. The highest BCUT2D eigenvalue weighted by Gasteiger charge is 2.12. The Morgan fingerprint density at radius 2 is 2.09 bits per heavy atom. The van der Waals surface area contributed by atoms with Crippen molar-refractivity contribution >= 4 is 27.3 Å². The Morgan fingerprint density at radius 1 is 1.32 bits per heavy atom. The number of aromatic nitrogens is 2. The minimum absolute atomic E-state index is 0.0816. The van der Waals surface area contributed by atoms with Crippen LogP contribution in [0.15, 0.2) is 52.8 Å². The topological polar surface area (TPSA) is 64.0 Å². The first kappa shape index (κ1) is 14.5. The van der Waals surface area contributed by atoms with Crippen molar-refractivity contribution in [3.05, 3.63) is 63.9 Å². The van der Waals surface area contributed by atoms with E-state index in [2.05, 4.69) is 10.4 Å². The normalized spacial score (nSPS) is 12.2. The molecule has 2 aromatic heterocycles. The Hall–Kier alpha value is -2.47. The second-order valence-electron chi connectivity index (χ2n) is 5.01. The fourth-order valence-electron chi connectivity index (χ4n) is 2.27. The molecule has 1 atom stereocenters. The lowest BCUT2D eigenvalue weighted by Crippen LogP contribution is -2.34. The molecule has 3 aromatic rings. The average Bonchev–Trinajstić information content (AvgIpc) is 3.00. The maximum absolute atomic E-state index is 12.2. The van der Waals surface area contributed by atoms with Crippen molar-refractivity contribution in [3.8, 4) is 0 Å². The predicted molar refractivity (Wildman–Crippen MR) is 86.9 cm³/mol. The van der Waals surface area contributed by atoms with Crippen molar-refractivity contribution in [1.29, 1.82) is 0 Å². The molecule has 3 rings (SSSR count). The molecule has 0 unspecified atom stereocenters. The van der Waals surface area contributed by atoms with Crippen LogP contribution in [0.5, 0.6) is 0 Å². The van der Waals surface area contributed by atoms with Gasteiger partial charge in [-0.1, -0.05) is 30.3 Å². The smallest absolute Gasteiger partial charge is 0.275 e. The number of fused-ring (bicyclic) bond motifs is 1. The van der Waals surface area contributed by atoms with Gasteiger partial charge < -0.3 is 5.32 Å². The quantitative estimate of drug-likeness (QED) is 0.804. The van der Waals surface area contributed by atoms with Crippen molar-refractivity contribution in [3.63, 3.8) is 0 Å². The summed E-state index contributed by atoms with van der Waals surface area (Å²) in [6, 6.07) is 11.3. The van der Waals surface area contributed by atoms with Gasteiger partial charge in [0.2, 0.25) is 5.91 Å². The zero-order valence-electron chi connectivity index (χ0n) is 12.0. The summed E-state index contributed by atoms with van der Waals surface area (Å²) < 4.78 is 2.03. The number of rotatable bonds is 4. The maximum atomic E-state index is 12.2. The molecule has 2 heterocycles. The SMILES string of the molecule is C[C@H](NC(=O)Cn1ncc2sccc2c1=O)c1ccccc1. The highest BCUT2D eigenvalue weighted by Crippen LogP contribution is 2.15. The Labute approximate surface area is 131 Å². The van der Waals surface area contributed by atoms with Crippen LogP contribution in [-0.2, 0) is 11.3 Å². The summed E-state index contributed by atoms with van der Waals surface area (Å²) in [5, 5.41) is 9.37. The van der Waals surface area contributed by atoms with E-state index >= 15 is 0 Å². The maximum Gasteiger partial charge on any atom is 0.275 e. The van der Waals surface area contributed by atoms with Crippen molar-refractivity contribution < 1.29 is 4.79 Å². The number of hydrogen-bond donors (Lipinski definition) is 1. The lowest BCUT2D eigenvalue weighted by atomic mass is 10.1. The highest BCUT2D eigenvalue weighted by molar-refractivity contribution is 7.17. The van der Waals surface area contributed by atoms with Crippen LogP contribution in [0.2, 0.25) is 0 Å². The molecule has 1 amide bonds. The summed E-state index contributed by atoms with van der Waals surface area (Å²) in [4.78, 5) is 24.3. The fourth-order valence-corrected chi connectivity index (χ4v) is 3.01. The lowest BCUT2D eigenvalue weighted by molar-refractivity contribution is -0.122. The van der Waals surface area contributed by atoms with Gasteiger partial charge in [-0.3, -0.25) is 9.59 Å². The molecule has 1 aromatic carbocycles. The molecule has 22 heavy (non-hydrogen) atoms. The first-order chi connectivity index (χ1) is 10.6. The number of carbonyl (C=O) groups excluding carboxylic acids is 1. The Bertz CT molecular complexity index is 854. The van der Waals surface area contributed by atoms with Gasteiger partial charge in [0.05, 0.1) is 22.3 Å². The minimum Gasteiger partial charge on any atom is -0.348 e. The largest absolute Gasteiger partial charge is 0.348 e. The summed E-state index contributed by atoms with van der Waals surface area (Å²) in [5.74, 6) is -0.236. The molecule has 0 aliphatic rings. The Kier molecular flexibility index (Phi) is 4.02. The third-order valence-electron chi connectivity index (χ3n) is 3.44. The van der Waals surface area contributed by atoms with Crippen molar-refractivity contribution in [1.82, 2.24) is 15.1 Å². The van der Waals surface area contributed by atoms with Crippen LogP contribution >= 0.6 is 11.3 Å². The highest BCUT2D eigenvalue weighted by atomic mass is 32.1. The standard InChI is InChI=1S/C16H15N3O2S/c1-11(12-5-3-2-4-6-12)18-15(20)10-19-16(21)13-7-8-22-14(13)9-17-19/h2-9,11H,10H2,1H3,(H,18,20)/t11-/m0/s1. The number of nitrogens with one attached hydrogen (secondary N) is 1. The predicted octanol–water partition coefficient (Wildman–Crippen LogP) is 2.34. The van der Waals surface area contributed by atoms with E-state index in [0.29, 0.717) is 5.39 Å². The Balaban J connectivity index is 1.73. The molecule has 6 heteroatoms. The van der Waals surface area contributed by atoms with Crippen LogP contribution in [0.25, 0.3) is 10.1 Å². The van der Waals surface area contributed by atoms with Gasteiger partial charge in [0, 0.05) is 0 Å². The van der Waals surface area contributed by atoms with Crippen LogP contribution < -0.4 is 10.9 Å². The third kappa shape index (κ3) is 2.92. The number of carbonyl (C=O) groups is 1. The van der Waals surface area contributed by atoms with Gasteiger partial charge in [-0.05, 0) is 23.9 Å². The molecule has 0 aliphatic carbocycles. The molecular weight excluding hydrogens is 298 g/mol. The van der Waals surface area contributed by atoms with E-state index in [1.165, 1.54) is 16.0 Å². The third-order valence-corrected chi connectivity index (χ3v) is 4.30. The van der Waals surface area contributed by atoms with Gasteiger partial charge >= 0.3 is 0 Å². The van der Waals surface area contributed by atoms with E-state index in [1.807, 2.05) is 42.6 Å². The first-order valence-corrected chi connectivity index (χ1v) is 7.81. The van der Waals surface area contributed by atoms with Crippen molar-refractivity contribution in [2.75, 3.05) is 0 Å². The fraction of sp³-hybridized carbons (Fsp3) is 0.188. The summed E-state index contributed by atoms with van der Waals surface area (Å²) in [5.41, 5.74) is 0.783. The van der Waals surface area contributed by atoms with E-state index in [4.69, 9.17) is 0 Å². The van der Waals surface area contributed by atoms with Crippen molar-refractivity contribution in [2.24, 2.45) is 0 Å². The van der Waals surface area contributed by atoms with E-state index in [9.17, 15) is 9.59 Å². The summed E-state index contributed by atoms with van der Waals surface area (Å²) in [6.07, 6.45) is 1.62. The molecule has 0 saturated heterocycles. The molecular formula is C16H15N3O2S. The van der Waals surface area contributed by atoms with Gasteiger partial charge in [0.1, 0.15) is 6.54 Å². The molecule has 112 valence electrons. The minimum atomic E-state index is -0.236. The van der Waals surface area contributed by atoms with Gasteiger partial charge in [-0.15, -0.1) is 11.3 Å². The first-order valence-electron chi connectivity index (χ1n) is 6.93. The lowest BCUT2D eigenvalue weighted by Gasteiger charge is -2.14.